The molecule has 0 aliphatic carbocycles. The van der Waals surface area contributed by atoms with Crippen LogP contribution in [-0.2, 0) is 6.54 Å². The largest absolute Gasteiger partial charge is 0.460 e. The lowest BCUT2D eigenvalue weighted by molar-refractivity contribution is -0.384. The predicted molar refractivity (Wildman–Crippen MR) is 86.3 cm³/mol. The van der Waals surface area contributed by atoms with Crippen LogP contribution in [0.3, 0.4) is 0 Å². The van der Waals surface area contributed by atoms with Crippen LogP contribution in [0.15, 0.2) is 34.7 Å². The summed E-state index contributed by atoms with van der Waals surface area (Å²) in [6.45, 7) is 1.73. The van der Waals surface area contributed by atoms with Crippen LogP contribution in [0.4, 0.5) is 5.69 Å². The van der Waals surface area contributed by atoms with E-state index in [1.807, 2.05) is 12.1 Å². The SMILES string of the molecule is O=[N+]([O-])c1ccc(-c2ccc(CN3CCC[C@@H]3CO)o2)c(Cl)c1. The highest BCUT2D eigenvalue weighted by Crippen LogP contribution is 2.33. The normalized spacial score (nSPS) is 18.4. The van der Waals surface area contributed by atoms with Crippen molar-refractivity contribution in [3.63, 3.8) is 0 Å². The van der Waals surface area contributed by atoms with E-state index in [4.69, 9.17) is 16.0 Å². The van der Waals surface area contributed by atoms with Crippen LogP contribution >= 0.6 is 11.6 Å². The van der Waals surface area contributed by atoms with Gasteiger partial charge in [0.25, 0.3) is 5.69 Å². The second kappa shape index (κ2) is 6.70. The number of non-ortho nitro benzene ring substituents is 1. The van der Waals surface area contributed by atoms with Gasteiger partial charge in [0.15, 0.2) is 0 Å². The molecule has 122 valence electrons. The van der Waals surface area contributed by atoms with Crippen molar-refractivity contribution in [1.29, 1.82) is 0 Å². The van der Waals surface area contributed by atoms with Crippen LogP contribution in [0.1, 0.15) is 18.6 Å². The van der Waals surface area contributed by atoms with E-state index in [-0.39, 0.29) is 23.4 Å². The zero-order valence-corrected chi connectivity index (χ0v) is 13.2. The number of halogens is 1. The topological polar surface area (TPSA) is 79.8 Å². The number of aliphatic hydroxyl groups is 1. The second-order valence-corrected chi connectivity index (χ2v) is 6.04. The molecular formula is C16H17ClN2O4. The highest BCUT2D eigenvalue weighted by atomic mass is 35.5. The van der Waals surface area contributed by atoms with Gasteiger partial charge < -0.3 is 9.52 Å². The molecular weight excluding hydrogens is 320 g/mol. The molecule has 3 rings (SSSR count). The monoisotopic (exact) mass is 336 g/mol. The van der Waals surface area contributed by atoms with Gasteiger partial charge in [-0.3, -0.25) is 15.0 Å². The fraction of sp³-hybridized carbons (Fsp3) is 0.375. The number of hydrogen-bond acceptors (Lipinski definition) is 5. The highest BCUT2D eigenvalue weighted by molar-refractivity contribution is 6.33. The Kier molecular flexibility index (Phi) is 4.66. The third kappa shape index (κ3) is 3.39. The average molecular weight is 337 g/mol. The maximum Gasteiger partial charge on any atom is 0.270 e. The molecule has 0 amide bonds. The molecule has 0 unspecified atom stereocenters. The molecule has 1 saturated heterocycles. The fourth-order valence-corrected chi connectivity index (χ4v) is 3.20. The van der Waals surface area contributed by atoms with E-state index >= 15 is 0 Å². The quantitative estimate of drug-likeness (QED) is 0.668. The van der Waals surface area contributed by atoms with Crippen LogP contribution in [-0.4, -0.2) is 34.1 Å². The molecule has 2 heterocycles. The molecule has 6 nitrogen and oxygen atoms in total. The van der Waals surface area contributed by atoms with Crippen molar-refractivity contribution in [2.45, 2.75) is 25.4 Å². The van der Waals surface area contributed by atoms with E-state index in [0.29, 0.717) is 17.9 Å². The standard InChI is InChI=1S/C16H17ClN2O4/c17-15-8-11(19(21)22)3-5-14(15)16-6-4-13(23-16)9-18-7-1-2-12(18)10-20/h3-6,8,12,20H,1-2,7,9-10H2/t12-/m1/s1. The van der Waals surface area contributed by atoms with Crippen LogP contribution in [0.25, 0.3) is 11.3 Å². The molecule has 23 heavy (non-hydrogen) atoms. The molecule has 2 aromatic rings. The van der Waals surface area contributed by atoms with Crippen molar-refractivity contribution in [3.8, 4) is 11.3 Å². The summed E-state index contributed by atoms with van der Waals surface area (Å²) in [5.74, 6) is 1.37. The molecule has 1 aromatic carbocycles. The van der Waals surface area contributed by atoms with Crippen LogP contribution in [0.5, 0.6) is 0 Å². The van der Waals surface area contributed by atoms with E-state index in [1.54, 1.807) is 6.07 Å². The highest BCUT2D eigenvalue weighted by Gasteiger charge is 2.24. The smallest absolute Gasteiger partial charge is 0.270 e. The lowest BCUT2D eigenvalue weighted by Gasteiger charge is -2.21. The van der Waals surface area contributed by atoms with Gasteiger partial charge in [-0.15, -0.1) is 0 Å². The van der Waals surface area contributed by atoms with Crippen molar-refractivity contribution in [2.24, 2.45) is 0 Å². The first kappa shape index (κ1) is 16.0. The third-order valence-corrected chi connectivity index (χ3v) is 4.47. The number of furan rings is 1. The van der Waals surface area contributed by atoms with Gasteiger partial charge in [-0.2, -0.15) is 0 Å². The molecule has 1 aromatic heterocycles. The molecule has 0 radical (unpaired) electrons. The Morgan fingerprint density at radius 3 is 2.91 bits per heavy atom. The molecule has 0 spiro atoms. The number of nitro groups is 1. The van der Waals surface area contributed by atoms with E-state index < -0.39 is 4.92 Å². The molecule has 0 saturated carbocycles. The number of likely N-dealkylation sites (tertiary alicyclic amines) is 1. The van der Waals surface area contributed by atoms with Crippen LogP contribution in [0, 0.1) is 10.1 Å². The zero-order chi connectivity index (χ0) is 16.4. The number of nitrogens with zero attached hydrogens (tertiary/aromatic N) is 2. The van der Waals surface area contributed by atoms with Gasteiger partial charge in [0, 0.05) is 23.7 Å². The summed E-state index contributed by atoms with van der Waals surface area (Å²) in [6, 6.07) is 8.20. The van der Waals surface area contributed by atoms with Gasteiger partial charge in [-0.1, -0.05) is 11.6 Å². The predicted octanol–water partition coefficient (Wildman–Crippen LogP) is 3.46. The molecule has 1 fully saturated rings. The Morgan fingerprint density at radius 1 is 1.39 bits per heavy atom. The van der Waals surface area contributed by atoms with Crippen molar-refractivity contribution < 1.29 is 14.4 Å². The minimum absolute atomic E-state index is 0.0478. The Balaban J connectivity index is 1.78. The molecule has 0 bridgehead atoms. The minimum Gasteiger partial charge on any atom is -0.460 e. The van der Waals surface area contributed by atoms with Crippen molar-refractivity contribution in [2.75, 3.05) is 13.2 Å². The first-order valence-corrected chi connectivity index (χ1v) is 7.84. The van der Waals surface area contributed by atoms with E-state index in [2.05, 4.69) is 4.90 Å². The molecule has 1 aliphatic heterocycles. The maximum absolute atomic E-state index is 10.8. The lowest BCUT2D eigenvalue weighted by Crippen LogP contribution is -2.31. The van der Waals surface area contributed by atoms with Gasteiger partial charge in [0.1, 0.15) is 11.5 Å². The Hall–Kier alpha value is -1.89. The fourth-order valence-electron chi connectivity index (χ4n) is 2.94. The first-order valence-electron chi connectivity index (χ1n) is 7.46. The average Bonchev–Trinajstić information content (AvgIpc) is 3.16. The Labute approximate surface area is 138 Å². The number of benzene rings is 1. The van der Waals surface area contributed by atoms with Gasteiger partial charge in [0.2, 0.25) is 0 Å². The Morgan fingerprint density at radius 2 is 2.22 bits per heavy atom. The van der Waals surface area contributed by atoms with Gasteiger partial charge in [-0.25, -0.2) is 0 Å². The lowest BCUT2D eigenvalue weighted by atomic mass is 10.1. The third-order valence-electron chi connectivity index (χ3n) is 4.16. The maximum atomic E-state index is 10.8. The van der Waals surface area contributed by atoms with E-state index in [1.165, 1.54) is 12.1 Å². The number of nitro benzene ring substituents is 1. The molecule has 1 atom stereocenters. The summed E-state index contributed by atoms with van der Waals surface area (Å²) in [6.07, 6.45) is 2.07. The van der Waals surface area contributed by atoms with E-state index in [9.17, 15) is 15.2 Å². The summed E-state index contributed by atoms with van der Waals surface area (Å²) in [5.41, 5.74) is 0.581. The molecule has 1 N–H and O–H groups in total. The minimum atomic E-state index is -0.481. The molecule has 1 aliphatic rings. The van der Waals surface area contributed by atoms with Crippen molar-refractivity contribution >= 4 is 17.3 Å². The summed E-state index contributed by atoms with van der Waals surface area (Å²) in [7, 11) is 0. The van der Waals surface area contributed by atoms with Crippen LogP contribution in [0.2, 0.25) is 5.02 Å². The van der Waals surface area contributed by atoms with Crippen molar-refractivity contribution in [1.82, 2.24) is 4.90 Å². The summed E-state index contributed by atoms with van der Waals surface area (Å²) >= 11 is 6.13. The van der Waals surface area contributed by atoms with Gasteiger partial charge in [-0.05, 0) is 37.6 Å². The second-order valence-electron chi connectivity index (χ2n) is 5.64. The van der Waals surface area contributed by atoms with Gasteiger partial charge >= 0.3 is 0 Å². The van der Waals surface area contributed by atoms with Crippen molar-refractivity contribution in [3.05, 3.63) is 51.2 Å². The summed E-state index contributed by atoms with van der Waals surface area (Å²) in [4.78, 5) is 12.5. The van der Waals surface area contributed by atoms with Gasteiger partial charge in [0.05, 0.1) is 23.1 Å². The summed E-state index contributed by atoms with van der Waals surface area (Å²) in [5, 5.41) is 20.4. The van der Waals surface area contributed by atoms with Crippen LogP contribution < -0.4 is 0 Å². The summed E-state index contributed by atoms with van der Waals surface area (Å²) < 4.78 is 5.83. The number of aliphatic hydroxyl groups excluding tert-OH is 1. The first-order chi connectivity index (χ1) is 11.1. The van der Waals surface area contributed by atoms with E-state index in [0.717, 1.165) is 25.1 Å². The zero-order valence-electron chi connectivity index (χ0n) is 12.4. The number of hydrogen-bond donors (Lipinski definition) is 1. The number of rotatable bonds is 5. The Bertz CT molecular complexity index is 716. The molecule has 7 heteroatoms.